The summed E-state index contributed by atoms with van der Waals surface area (Å²) in [4.78, 5) is 221. The number of imidazole rings is 1. The van der Waals surface area contributed by atoms with Crippen molar-refractivity contribution in [3.8, 4) is 11.5 Å². The molecular weight excluding hydrogens is 1910 g/mol. The molecule has 1 heterocycles. The van der Waals surface area contributed by atoms with Crippen LogP contribution in [0.25, 0.3) is 0 Å². The summed E-state index contributed by atoms with van der Waals surface area (Å²) in [7, 11) is 0. The van der Waals surface area contributed by atoms with Gasteiger partial charge in [-0.3, -0.25) is 62.3 Å². The molecule has 6 amide bonds. The number of unbranched alkanes of at least 4 members (excludes halogenated alkanes) is 14. The minimum atomic E-state index is -1.37. The predicted molar refractivity (Wildman–Crippen MR) is 534 cm³/mol. The molecule has 146 heavy (non-hydrogen) atoms. The SMILES string of the molecule is CC(C)[C@H](N)C(=O)N[C@H](C(=O)O[C@@H](Cc1cnc[nH]1)C(=O)CC[C@@H](CCCCNC(=O)COCCOCCNC(=O)COCCOCCCC(=O)CC[C@H](NC(=O)CCCCCCCCCOc1ccc(C(=O)O)cc1)C(=O)O)C(=O)CN[C@@H](CCCCNC(=O)COCCOCCCC(=O)COCCOCCNC(=O)CC[C@H](CC(=O)CCCCCCCCCOc1ccc(C(=O)O)cc1)C(=O)O)C(=O)CO)C(C)C. The topological polar surface area (TPSA) is 632 Å². The van der Waals surface area contributed by atoms with Crippen LogP contribution in [0.15, 0.2) is 61.1 Å². The highest BCUT2D eigenvalue weighted by atomic mass is 16.6. The highest BCUT2D eigenvalue weighted by Crippen LogP contribution is 2.24. The number of ketones is 6. The van der Waals surface area contributed by atoms with Gasteiger partial charge in [0.15, 0.2) is 23.5 Å². The number of benzene rings is 2. The van der Waals surface area contributed by atoms with Crippen LogP contribution < -0.4 is 52.4 Å². The van der Waals surface area contributed by atoms with E-state index >= 15 is 0 Å². The fourth-order valence-electron chi connectivity index (χ4n) is 14.8. The van der Waals surface area contributed by atoms with Crippen molar-refractivity contribution in [2.24, 2.45) is 29.4 Å². The summed E-state index contributed by atoms with van der Waals surface area (Å²) in [6.45, 7) is 8.36. The molecule has 43 heteroatoms. The number of nitrogens with two attached hydrogens (primary N) is 1. The highest BCUT2D eigenvalue weighted by molar-refractivity contribution is 5.93. The number of carbonyl (C=O) groups excluding carboxylic acids is 13. The van der Waals surface area contributed by atoms with Gasteiger partial charge in [0.05, 0.1) is 121 Å². The summed E-state index contributed by atoms with van der Waals surface area (Å²) < 4.78 is 60.9. The van der Waals surface area contributed by atoms with Crippen LogP contribution in [0.5, 0.6) is 11.5 Å². The van der Waals surface area contributed by atoms with Crippen molar-refractivity contribution in [3.63, 3.8) is 0 Å². The Labute approximate surface area is 855 Å². The minimum absolute atomic E-state index is 0.00855. The van der Waals surface area contributed by atoms with Crippen molar-refractivity contribution in [1.29, 1.82) is 0 Å². The Hall–Kier alpha value is -11.0. The molecule has 3 rings (SSSR count). The van der Waals surface area contributed by atoms with Gasteiger partial charge in [-0.2, -0.15) is 0 Å². The summed E-state index contributed by atoms with van der Waals surface area (Å²) in [6.07, 6.45) is 16.9. The Balaban J connectivity index is 1.28. The summed E-state index contributed by atoms with van der Waals surface area (Å²) in [6, 6.07) is 8.28. The largest absolute Gasteiger partial charge is 0.494 e. The lowest BCUT2D eigenvalue weighted by Gasteiger charge is -2.26. The number of nitrogens with one attached hydrogen (secondary N) is 8. The van der Waals surface area contributed by atoms with E-state index in [1.165, 1.54) is 36.8 Å². The van der Waals surface area contributed by atoms with E-state index in [9.17, 15) is 96.8 Å². The van der Waals surface area contributed by atoms with Gasteiger partial charge in [-0.1, -0.05) is 98.3 Å². The number of carbonyl (C=O) groups is 17. The number of aliphatic carboxylic acids is 2. The van der Waals surface area contributed by atoms with Crippen LogP contribution in [0.3, 0.4) is 0 Å². The van der Waals surface area contributed by atoms with Crippen LogP contribution in [0.2, 0.25) is 0 Å². The molecule has 3 aromatic rings. The second kappa shape index (κ2) is 82.0. The molecule has 0 saturated heterocycles. The van der Waals surface area contributed by atoms with Crippen LogP contribution in [0, 0.1) is 23.7 Å². The lowest BCUT2D eigenvalue weighted by Crippen LogP contribution is -2.53. The van der Waals surface area contributed by atoms with Crippen molar-refractivity contribution in [2.45, 2.75) is 276 Å². The van der Waals surface area contributed by atoms with Gasteiger partial charge in [0, 0.05) is 115 Å². The Bertz CT molecular complexity index is 4260. The first-order chi connectivity index (χ1) is 70.3. The van der Waals surface area contributed by atoms with Gasteiger partial charge in [-0.25, -0.2) is 24.2 Å². The number of aliphatic hydroxyl groups is 1. The first-order valence-electron chi connectivity index (χ1n) is 51.3. The molecule has 2 aromatic carbocycles. The maximum absolute atomic E-state index is 14.2. The zero-order valence-electron chi connectivity index (χ0n) is 85.7. The van der Waals surface area contributed by atoms with Crippen LogP contribution >= 0.6 is 0 Å². The highest BCUT2D eigenvalue weighted by Gasteiger charge is 2.35. The number of hydrogen-bond acceptors (Lipinski definition) is 32. The second-order valence-electron chi connectivity index (χ2n) is 36.4. The first kappa shape index (κ1) is 129. The zero-order chi connectivity index (χ0) is 107. The van der Waals surface area contributed by atoms with Gasteiger partial charge in [0.2, 0.25) is 35.4 Å². The maximum atomic E-state index is 14.2. The van der Waals surface area contributed by atoms with Crippen molar-refractivity contribution in [3.05, 3.63) is 77.9 Å². The predicted octanol–water partition coefficient (Wildman–Crippen LogP) is 7.26. The molecule has 0 aliphatic rings. The molecule has 0 bridgehead atoms. The number of carboxylic acid groups (broad SMARTS) is 4. The molecule has 0 aliphatic carbocycles. The Kier molecular flexibility index (Phi) is 72.6. The lowest BCUT2D eigenvalue weighted by atomic mass is 9.90. The first-order valence-corrected chi connectivity index (χ1v) is 51.3. The maximum Gasteiger partial charge on any atom is 0.335 e. The summed E-state index contributed by atoms with van der Waals surface area (Å²) >= 11 is 0. The number of carboxylic acids is 4. The number of H-pyrrole nitrogens is 1. The average molecular weight is 2070 g/mol. The van der Waals surface area contributed by atoms with E-state index in [0.29, 0.717) is 81.8 Å². The average Bonchev–Trinajstić information content (AvgIpc) is 1.09. The number of aromatic amines is 1. The quantitative estimate of drug-likeness (QED) is 0.0195. The molecule has 7 atom stereocenters. The van der Waals surface area contributed by atoms with Crippen molar-refractivity contribution in [2.75, 3.05) is 158 Å². The molecule has 15 N–H and O–H groups in total. The van der Waals surface area contributed by atoms with Crippen LogP contribution in [0.1, 0.15) is 266 Å². The molecule has 0 fully saturated rings. The smallest absolute Gasteiger partial charge is 0.335 e. The van der Waals surface area contributed by atoms with Crippen LogP contribution in [0.4, 0.5) is 0 Å². The Morgan fingerprint density at radius 2 is 0.836 bits per heavy atom. The van der Waals surface area contributed by atoms with Gasteiger partial charge in [-0.05, 0) is 150 Å². The van der Waals surface area contributed by atoms with E-state index in [0.717, 1.165) is 77.0 Å². The number of ether oxygens (including phenoxy) is 11. The summed E-state index contributed by atoms with van der Waals surface area (Å²) in [5, 5.41) is 66.4. The molecule has 0 radical (unpaired) electrons. The molecule has 0 saturated carbocycles. The lowest BCUT2D eigenvalue weighted by molar-refractivity contribution is -0.159. The van der Waals surface area contributed by atoms with Gasteiger partial charge in [0.25, 0.3) is 0 Å². The molecular formula is C103H162N10O33. The molecule has 0 unspecified atom stereocenters. The molecule has 0 spiro atoms. The number of aromatic carboxylic acids is 2. The van der Waals surface area contributed by atoms with E-state index in [4.69, 9.17) is 68.1 Å². The Morgan fingerprint density at radius 1 is 0.377 bits per heavy atom. The van der Waals surface area contributed by atoms with E-state index in [-0.39, 0.29) is 280 Å². The minimum Gasteiger partial charge on any atom is -0.494 e. The van der Waals surface area contributed by atoms with Crippen LogP contribution in [-0.2, 0) is 121 Å². The molecule has 43 nitrogen and oxygen atoms in total. The fourth-order valence-corrected chi connectivity index (χ4v) is 14.8. The zero-order valence-corrected chi connectivity index (χ0v) is 85.7. The molecule has 0 aliphatic heterocycles. The standard InChI is InChI=1S/C103H162N10O33/c1-73(2)96(104)98(126)113-97(74(3)4)103(135)146-90(64-79-65-105-72-111-79)87(118)43-35-75(25-17-19-45-106-93(123)70-143-62-58-139-54-48-109-95(125)71-142-61-55-136-49-23-27-80(115)37-42-86(102(133)134)112-92(122)30-16-12-8-6-10-14-22-52-145-84-40-33-77(34-41-84)100(129)130)88(119)66-110-85(89(120)67-114)29-18-20-46-107-94(124)69-141-60-56-137-50-24-28-82(117)68-140-59-57-138-53-47-108-91(121)44-36-78(101(131)132)63-81(116)26-15-11-7-5-9-13-21-51-144-83-38-31-76(32-39-83)99(127)128/h31-34,38-41,65,72-75,78,85-86,90,96-97,110,114H,5-30,35-37,42-64,66-71,104H2,1-4H3,(H,105,111)(H,106,123)(H,107,124)(H,108,121)(H,109,125)(H,112,122)(H,113,126)(H,127,128)(H,129,130)(H,131,132)(H,133,134)/t75-,78-,85+,86+,90+,96+,97+/m1/s1. The van der Waals surface area contributed by atoms with E-state index in [1.54, 1.807) is 52.0 Å². The monoisotopic (exact) mass is 2070 g/mol. The Morgan fingerprint density at radius 3 is 1.32 bits per heavy atom. The molecule has 822 valence electrons. The van der Waals surface area contributed by atoms with Gasteiger partial charge >= 0.3 is 29.8 Å². The van der Waals surface area contributed by atoms with Crippen molar-refractivity contribution < 1.29 is 159 Å². The third-order valence-electron chi connectivity index (χ3n) is 23.5. The number of Topliss-reactive ketones (excluding diaryl/α,β-unsaturated/α-hetero) is 6. The van der Waals surface area contributed by atoms with Crippen molar-refractivity contribution in [1.82, 2.24) is 47.2 Å². The third kappa shape index (κ3) is 65.6. The fraction of sp³-hybridized carbons (Fsp3) is 0.689. The number of esters is 1. The van der Waals surface area contributed by atoms with Gasteiger partial charge in [-0.15, -0.1) is 0 Å². The normalized spacial score (nSPS) is 12.7. The number of amides is 6. The number of hydrogen-bond donors (Lipinski definition) is 14. The van der Waals surface area contributed by atoms with E-state index in [2.05, 4.69) is 47.2 Å². The number of nitrogens with zero attached hydrogens (tertiary/aromatic N) is 1. The van der Waals surface area contributed by atoms with E-state index < -0.39 is 120 Å². The van der Waals surface area contributed by atoms with E-state index in [1.807, 2.05) is 0 Å². The number of aliphatic hydroxyl groups excluding tert-OH is 1. The van der Waals surface area contributed by atoms with Crippen molar-refractivity contribution >= 4 is 100.0 Å². The van der Waals surface area contributed by atoms with Gasteiger partial charge < -0.3 is 126 Å². The van der Waals surface area contributed by atoms with Gasteiger partial charge in [0.1, 0.15) is 74.0 Å². The summed E-state index contributed by atoms with van der Waals surface area (Å²) in [5.41, 5.74) is 6.95. The number of rotatable bonds is 97. The molecule has 1 aromatic heterocycles. The second-order valence-corrected chi connectivity index (χ2v) is 36.4. The summed E-state index contributed by atoms with van der Waals surface area (Å²) in [5.74, 6) is -10.9. The third-order valence-corrected chi connectivity index (χ3v) is 23.5. The number of aromatic nitrogens is 2. The van der Waals surface area contributed by atoms with Crippen LogP contribution in [-0.4, -0.2) is 324 Å².